The molecule has 1 aromatic rings. The monoisotopic (exact) mass is 280 g/mol. The molecule has 0 amide bonds. The molecule has 0 bridgehead atoms. The largest absolute Gasteiger partial charge is 0.497 e. The molecule has 0 N–H and O–H groups in total. The highest BCUT2D eigenvalue weighted by Crippen LogP contribution is 2.32. The second-order valence-electron chi connectivity index (χ2n) is 3.81. The first kappa shape index (κ1) is 13.4. The molecule has 2 rings (SSSR count). The predicted molar refractivity (Wildman–Crippen MR) is 70.0 cm³/mol. The Hall–Kier alpha value is -2.08. The van der Waals surface area contributed by atoms with E-state index in [9.17, 15) is 13.2 Å². The van der Waals surface area contributed by atoms with E-state index in [4.69, 9.17) is 4.74 Å². The number of esters is 1. The van der Waals surface area contributed by atoms with Gasteiger partial charge in [-0.3, -0.25) is 0 Å². The Kier molecular flexibility index (Phi) is 3.44. The van der Waals surface area contributed by atoms with Crippen molar-refractivity contribution in [2.45, 2.75) is 0 Å². The summed E-state index contributed by atoms with van der Waals surface area (Å²) in [5.41, 5.74) is 0.892. The highest BCUT2D eigenvalue weighted by molar-refractivity contribution is 7.99. The molecule has 1 aliphatic heterocycles. The minimum atomic E-state index is -3.73. The Morgan fingerprint density at radius 2 is 1.95 bits per heavy atom. The van der Waals surface area contributed by atoms with Gasteiger partial charge in [-0.15, -0.1) is 0 Å². The van der Waals surface area contributed by atoms with Crippen LogP contribution in [-0.2, 0) is 19.4 Å². The van der Waals surface area contributed by atoms with Crippen molar-refractivity contribution in [2.75, 3.05) is 14.2 Å². The SMILES string of the molecule is COC(=O)C1=C(c2cccc(OC)c2)C=CS1(=O)=O. The molecule has 19 heavy (non-hydrogen) atoms. The number of sulfone groups is 1. The summed E-state index contributed by atoms with van der Waals surface area (Å²) in [5, 5.41) is 0.994. The summed E-state index contributed by atoms with van der Waals surface area (Å²) in [6, 6.07) is 6.80. The Balaban J connectivity index is 2.63. The van der Waals surface area contributed by atoms with Gasteiger partial charge in [0.25, 0.3) is 0 Å². The van der Waals surface area contributed by atoms with Crippen LogP contribution < -0.4 is 4.74 Å². The van der Waals surface area contributed by atoms with Gasteiger partial charge in [0.1, 0.15) is 5.75 Å². The Labute approximate surface area is 111 Å². The summed E-state index contributed by atoms with van der Waals surface area (Å²) in [4.78, 5) is 11.3. The van der Waals surface area contributed by atoms with E-state index in [1.54, 1.807) is 24.3 Å². The zero-order valence-corrected chi connectivity index (χ0v) is 11.2. The second kappa shape index (κ2) is 4.89. The third kappa shape index (κ3) is 2.39. The smallest absolute Gasteiger partial charge is 0.350 e. The summed E-state index contributed by atoms with van der Waals surface area (Å²) >= 11 is 0. The Bertz CT molecular complexity index is 683. The minimum Gasteiger partial charge on any atom is -0.497 e. The van der Waals surface area contributed by atoms with Gasteiger partial charge >= 0.3 is 5.97 Å². The average molecular weight is 280 g/mol. The fourth-order valence-corrected chi connectivity index (χ4v) is 3.05. The number of methoxy groups -OCH3 is 2. The lowest BCUT2D eigenvalue weighted by atomic mass is 10.1. The molecule has 1 heterocycles. The maximum atomic E-state index is 11.8. The van der Waals surface area contributed by atoms with Gasteiger partial charge in [-0.1, -0.05) is 12.1 Å². The van der Waals surface area contributed by atoms with Crippen molar-refractivity contribution in [3.05, 3.63) is 46.2 Å². The number of ether oxygens (including phenoxy) is 2. The normalized spacial score (nSPS) is 16.5. The number of carbonyl (C=O) groups excluding carboxylic acids is 1. The van der Waals surface area contributed by atoms with E-state index < -0.39 is 15.8 Å². The molecule has 0 spiro atoms. The van der Waals surface area contributed by atoms with Crippen LogP contribution in [0.15, 0.2) is 40.7 Å². The highest BCUT2D eigenvalue weighted by atomic mass is 32.2. The van der Waals surface area contributed by atoms with Gasteiger partial charge in [0.05, 0.1) is 14.2 Å². The van der Waals surface area contributed by atoms with Gasteiger partial charge in [-0.2, -0.15) is 0 Å². The van der Waals surface area contributed by atoms with Crippen LogP contribution in [0.25, 0.3) is 5.57 Å². The van der Waals surface area contributed by atoms with E-state index in [2.05, 4.69) is 4.74 Å². The van der Waals surface area contributed by atoms with Crippen LogP contribution in [0.3, 0.4) is 0 Å². The van der Waals surface area contributed by atoms with E-state index in [1.165, 1.54) is 13.2 Å². The molecule has 1 aromatic carbocycles. The molecule has 0 saturated heterocycles. The molecule has 100 valence electrons. The van der Waals surface area contributed by atoms with Crippen molar-refractivity contribution in [1.82, 2.24) is 0 Å². The van der Waals surface area contributed by atoms with Gasteiger partial charge in [-0.25, -0.2) is 13.2 Å². The maximum Gasteiger partial charge on any atom is 0.350 e. The molecule has 0 saturated carbocycles. The van der Waals surface area contributed by atoms with Gasteiger partial charge in [0.2, 0.25) is 9.84 Å². The third-order valence-electron chi connectivity index (χ3n) is 2.69. The van der Waals surface area contributed by atoms with Crippen molar-refractivity contribution in [1.29, 1.82) is 0 Å². The third-order valence-corrected chi connectivity index (χ3v) is 4.14. The lowest BCUT2D eigenvalue weighted by Crippen LogP contribution is -2.12. The lowest BCUT2D eigenvalue weighted by molar-refractivity contribution is -0.135. The maximum absolute atomic E-state index is 11.8. The van der Waals surface area contributed by atoms with Gasteiger partial charge in [0.15, 0.2) is 4.91 Å². The number of hydrogen-bond donors (Lipinski definition) is 0. The minimum absolute atomic E-state index is 0.311. The van der Waals surface area contributed by atoms with Crippen LogP contribution in [0.4, 0.5) is 0 Å². The van der Waals surface area contributed by atoms with Crippen LogP contribution in [0.5, 0.6) is 5.75 Å². The Morgan fingerprint density at radius 3 is 2.58 bits per heavy atom. The van der Waals surface area contributed by atoms with Gasteiger partial charge in [-0.05, 0) is 23.8 Å². The number of benzene rings is 1. The summed E-state index contributed by atoms with van der Waals surface area (Å²) in [5.74, 6) is -0.297. The molecule has 0 fully saturated rings. The summed E-state index contributed by atoms with van der Waals surface area (Å²) in [6.45, 7) is 0. The van der Waals surface area contributed by atoms with Crippen LogP contribution in [0.2, 0.25) is 0 Å². The molecule has 0 aromatic heterocycles. The van der Waals surface area contributed by atoms with E-state index in [0.717, 1.165) is 12.5 Å². The summed E-state index contributed by atoms with van der Waals surface area (Å²) < 4.78 is 33.3. The molecule has 0 unspecified atom stereocenters. The van der Waals surface area contributed by atoms with Crippen molar-refractivity contribution >= 4 is 21.4 Å². The first-order chi connectivity index (χ1) is 8.99. The molecule has 1 aliphatic rings. The zero-order valence-electron chi connectivity index (χ0n) is 10.4. The van der Waals surface area contributed by atoms with Crippen LogP contribution in [-0.4, -0.2) is 28.6 Å². The second-order valence-corrected chi connectivity index (χ2v) is 5.58. The van der Waals surface area contributed by atoms with Crippen LogP contribution in [0, 0.1) is 0 Å². The van der Waals surface area contributed by atoms with E-state index in [1.807, 2.05) is 0 Å². The van der Waals surface area contributed by atoms with Gasteiger partial charge in [0, 0.05) is 11.0 Å². The standard InChI is InChI=1S/C13H12O5S/c1-17-10-5-3-4-9(8-10)11-6-7-19(15,16)12(11)13(14)18-2/h3-8H,1-2H3. The number of rotatable bonds is 3. The zero-order chi connectivity index (χ0) is 14.0. The number of allylic oxidation sites excluding steroid dienone is 2. The summed E-state index contributed by atoms with van der Waals surface area (Å²) in [6.07, 6.45) is 1.39. The van der Waals surface area contributed by atoms with Crippen molar-refractivity contribution in [2.24, 2.45) is 0 Å². The van der Waals surface area contributed by atoms with Crippen LogP contribution >= 0.6 is 0 Å². The van der Waals surface area contributed by atoms with Crippen molar-refractivity contribution < 1.29 is 22.7 Å². The van der Waals surface area contributed by atoms with E-state index in [0.29, 0.717) is 16.9 Å². The molecule has 6 heteroatoms. The fraction of sp³-hybridized carbons (Fsp3) is 0.154. The first-order valence-corrected chi connectivity index (χ1v) is 6.94. The number of carbonyl (C=O) groups is 1. The predicted octanol–water partition coefficient (Wildman–Crippen LogP) is 1.52. The van der Waals surface area contributed by atoms with Crippen molar-refractivity contribution in [3.8, 4) is 5.75 Å². The molecule has 0 aliphatic carbocycles. The van der Waals surface area contributed by atoms with E-state index in [-0.39, 0.29) is 4.91 Å². The number of hydrogen-bond acceptors (Lipinski definition) is 5. The van der Waals surface area contributed by atoms with Crippen molar-refractivity contribution in [3.63, 3.8) is 0 Å². The van der Waals surface area contributed by atoms with E-state index >= 15 is 0 Å². The molecule has 5 nitrogen and oxygen atoms in total. The van der Waals surface area contributed by atoms with Crippen LogP contribution in [0.1, 0.15) is 5.56 Å². The lowest BCUT2D eigenvalue weighted by Gasteiger charge is -2.06. The average Bonchev–Trinajstić information content (AvgIpc) is 2.73. The fourth-order valence-electron chi connectivity index (χ4n) is 1.79. The molecular formula is C13H12O5S. The molecule has 0 radical (unpaired) electrons. The first-order valence-electron chi connectivity index (χ1n) is 5.40. The topological polar surface area (TPSA) is 69.7 Å². The Morgan fingerprint density at radius 1 is 1.21 bits per heavy atom. The molecular weight excluding hydrogens is 268 g/mol. The highest BCUT2D eigenvalue weighted by Gasteiger charge is 2.32. The van der Waals surface area contributed by atoms with Gasteiger partial charge < -0.3 is 9.47 Å². The molecule has 0 atom stereocenters. The quantitative estimate of drug-likeness (QED) is 0.785. The summed E-state index contributed by atoms with van der Waals surface area (Å²) in [7, 11) is -1.08.